The Balaban J connectivity index is 1.67. The minimum atomic E-state index is -5.07. The second-order valence-corrected chi connectivity index (χ2v) is 10.1. The summed E-state index contributed by atoms with van der Waals surface area (Å²) < 4.78 is 166. The molecule has 0 radical (unpaired) electrons. The highest BCUT2D eigenvalue weighted by atomic mass is 19.4. The molecule has 1 aliphatic rings. The van der Waals surface area contributed by atoms with E-state index in [2.05, 4.69) is 0 Å². The van der Waals surface area contributed by atoms with Gasteiger partial charge in [0.1, 0.15) is 0 Å². The number of benzene rings is 3. The van der Waals surface area contributed by atoms with Crippen molar-refractivity contribution >= 4 is 0 Å². The maximum atomic E-state index is 13.4. The van der Waals surface area contributed by atoms with E-state index >= 15 is 0 Å². The van der Waals surface area contributed by atoms with Gasteiger partial charge in [-0.1, -0.05) is 30.3 Å². The molecule has 14 heteroatoms. The first kappa shape index (κ1) is 32.6. The van der Waals surface area contributed by atoms with Gasteiger partial charge < -0.3 is 4.74 Å². The molecule has 43 heavy (non-hydrogen) atoms. The summed E-state index contributed by atoms with van der Waals surface area (Å²) in [6.45, 7) is -0.802. The van der Waals surface area contributed by atoms with E-state index in [0.29, 0.717) is 36.2 Å². The minimum absolute atomic E-state index is 0.0110. The normalized spacial score (nSPS) is 19.1. The highest BCUT2D eigenvalue weighted by molar-refractivity contribution is 5.35. The quantitative estimate of drug-likeness (QED) is 0.252. The SMILES string of the molecule is FC(F)(F)c1cc(CO[C@@H]2CCCN(Cc3cc(C(F)(F)F)cc(C(F)(F)F)c3)[C@@H]2c2ccccc2)cc(C(F)(F)F)c1. The molecule has 2 atom stereocenters. The van der Waals surface area contributed by atoms with Crippen molar-refractivity contribution < 1.29 is 57.4 Å². The van der Waals surface area contributed by atoms with Crippen LogP contribution in [0, 0.1) is 0 Å². The Bertz CT molecular complexity index is 1330. The molecule has 0 aliphatic carbocycles. The number of ether oxygens (including phenoxy) is 1. The van der Waals surface area contributed by atoms with Crippen molar-refractivity contribution in [2.45, 2.75) is 62.8 Å². The maximum absolute atomic E-state index is 13.4. The fourth-order valence-corrected chi connectivity index (χ4v) is 5.11. The molecule has 1 heterocycles. The summed E-state index contributed by atoms with van der Waals surface area (Å²) in [6.07, 6.45) is -20.5. The van der Waals surface area contributed by atoms with E-state index in [0.717, 1.165) is 0 Å². The smallest absolute Gasteiger partial charge is 0.372 e. The summed E-state index contributed by atoms with van der Waals surface area (Å²) in [7, 11) is 0. The monoisotopic (exact) mass is 629 g/mol. The lowest BCUT2D eigenvalue weighted by Crippen LogP contribution is -2.42. The summed E-state index contributed by atoms with van der Waals surface area (Å²) in [5, 5.41) is 0. The van der Waals surface area contributed by atoms with Crippen molar-refractivity contribution in [3.8, 4) is 0 Å². The zero-order valence-electron chi connectivity index (χ0n) is 21.9. The Labute approximate surface area is 237 Å². The second kappa shape index (κ2) is 12.0. The Morgan fingerprint density at radius 1 is 0.605 bits per heavy atom. The van der Waals surface area contributed by atoms with E-state index in [-0.39, 0.29) is 37.2 Å². The van der Waals surface area contributed by atoms with Crippen LogP contribution in [0.15, 0.2) is 66.7 Å². The fraction of sp³-hybridized carbons (Fsp3) is 0.379. The van der Waals surface area contributed by atoms with Gasteiger partial charge >= 0.3 is 24.7 Å². The Kier molecular flexibility index (Phi) is 9.13. The van der Waals surface area contributed by atoms with Gasteiger partial charge in [-0.3, -0.25) is 4.90 Å². The third-order valence-electron chi connectivity index (χ3n) is 6.97. The summed E-state index contributed by atoms with van der Waals surface area (Å²) >= 11 is 0. The molecule has 2 nitrogen and oxygen atoms in total. The molecule has 1 saturated heterocycles. The van der Waals surface area contributed by atoms with Crippen molar-refractivity contribution in [3.63, 3.8) is 0 Å². The van der Waals surface area contributed by atoms with E-state index in [1.807, 2.05) is 0 Å². The van der Waals surface area contributed by atoms with Crippen molar-refractivity contribution in [3.05, 3.63) is 106 Å². The van der Waals surface area contributed by atoms with Gasteiger partial charge in [-0.2, -0.15) is 52.7 Å². The Morgan fingerprint density at radius 3 is 1.49 bits per heavy atom. The van der Waals surface area contributed by atoms with Gasteiger partial charge in [0.25, 0.3) is 0 Å². The average molecular weight is 629 g/mol. The van der Waals surface area contributed by atoms with Gasteiger partial charge in [0.05, 0.1) is 41.0 Å². The van der Waals surface area contributed by atoms with Crippen LogP contribution in [0.3, 0.4) is 0 Å². The molecular weight excluding hydrogens is 606 g/mol. The van der Waals surface area contributed by atoms with Crippen LogP contribution in [-0.2, 0) is 42.6 Å². The molecule has 0 bridgehead atoms. The van der Waals surface area contributed by atoms with Gasteiger partial charge in [0, 0.05) is 6.54 Å². The fourth-order valence-electron chi connectivity index (χ4n) is 5.11. The molecule has 0 amide bonds. The molecule has 0 saturated carbocycles. The van der Waals surface area contributed by atoms with Crippen LogP contribution in [0.4, 0.5) is 52.7 Å². The summed E-state index contributed by atoms with van der Waals surface area (Å²) in [6, 6.07) is 9.73. The van der Waals surface area contributed by atoms with Crippen molar-refractivity contribution in [1.82, 2.24) is 4.90 Å². The van der Waals surface area contributed by atoms with Gasteiger partial charge in [-0.05, 0) is 72.5 Å². The second-order valence-electron chi connectivity index (χ2n) is 10.1. The number of likely N-dealkylation sites (tertiary alicyclic amines) is 1. The van der Waals surface area contributed by atoms with Gasteiger partial charge in [-0.15, -0.1) is 0 Å². The topological polar surface area (TPSA) is 12.5 Å². The molecule has 0 unspecified atom stereocenters. The zero-order chi connectivity index (χ0) is 31.8. The van der Waals surface area contributed by atoms with Crippen molar-refractivity contribution in [1.29, 1.82) is 0 Å². The number of nitrogens with zero attached hydrogens (tertiary/aromatic N) is 1. The molecule has 0 aromatic heterocycles. The minimum Gasteiger partial charge on any atom is -0.372 e. The van der Waals surface area contributed by atoms with E-state index in [9.17, 15) is 52.7 Å². The van der Waals surface area contributed by atoms with Gasteiger partial charge in [-0.25, -0.2) is 0 Å². The third-order valence-corrected chi connectivity index (χ3v) is 6.97. The summed E-state index contributed by atoms with van der Waals surface area (Å²) in [5.41, 5.74) is -6.14. The molecule has 234 valence electrons. The summed E-state index contributed by atoms with van der Waals surface area (Å²) in [4.78, 5) is 1.59. The lowest BCUT2D eigenvalue weighted by atomic mass is 9.91. The number of hydrogen-bond donors (Lipinski definition) is 0. The molecule has 0 spiro atoms. The summed E-state index contributed by atoms with van der Waals surface area (Å²) in [5.74, 6) is 0. The average Bonchev–Trinajstić information content (AvgIpc) is 2.90. The first-order chi connectivity index (χ1) is 19.8. The predicted octanol–water partition coefficient (Wildman–Crippen LogP) is 9.68. The van der Waals surface area contributed by atoms with Crippen LogP contribution < -0.4 is 0 Å². The first-order valence-electron chi connectivity index (χ1n) is 12.8. The number of halogens is 12. The van der Waals surface area contributed by atoms with Crippen LogP contribution >= 0.6 is 0 Å². The number of rotatable bonds is 6. The van der Waals surface area contributed by atoms with Crippen LogP contribution in [0.25, 0.3) is 0 Å². The van der Waals surface area contributed by atoms with Crippen molar-refractivity contribution in [2.75, 3.05) is 6.54 Å². The van der Waals surface area contributed by atoms with E-state index in [4.69, 9.17) is 4.74 Å². The Morgan fingerprint density at radius 2 is 1.05 bits per heavy atom. The van der Waals surface area contributed by atoms with Crippen LogP contribution in [-0.4, -0.2) is 17.5 Å². The first-order valence-corrected chi connectivity index (χ1v) is 12.8. The lowest BCUT2D eigenvalue weighted by Gasteiger charge is -2.41. The standard InChI is InChI=1S/C29H23F12NO/c30-26(31,32)20-9-17(10-21(13-20)27(33,34)35)15-42-8-4-7-24(25(42)19-5-2-1-3-6-19)43-16-18-11-22(28(36,37)38)14-23(12-18)29(39,40)41/h1-3,5-6,9-14,24-25H,4,7-8,15-16H2/t24-,25-/m1/s1. The molecule has 1 fully saturated rings. The molecule has 3 aromatic rings. The molecular formula is C29H23F12NO. The van der Waals surface area contributed by atoms with E-state index in [1.165, 1.54) is 0 Å². The van der Waals surface area contributed by atoms with Crippen molar-refractivity contribution in [2.24, 2.45) is 0 Å². The highest BCUT2D eigenvalue weighted by Gasteiger charge is 2.40. The maximum Gasteiger partial charge on any atom is 0.416 e. The lowest BCUT2D eigenvalue weighted by molar-refractivity contribution is -0.145. The molecule has 4 rings (SSSR count). The molecule has 1 aliphatic heterocycles. The van der Waals surface area contributed by atoms with E-state index in [1.54, 1.807) is 35.2 Å². The number of piperidine rings is 1. The van der Waals surface area contributed by atoms with Gasteiger partial charge in [0.2, 0.25) is 0 Å². The Hall–Kier alpha value is -3.26. The van der Waals surface area contributed by atoms with Crippen LogP contribution in [0.2, 0.25) is 0 Å². The predicted molar refractivity (Wildman–Crippen MR) is 130 cm³/mol. The molecule has 0 N–H and O–H groups in total. The van der Waals surface area contributed by atoms with E-state index < -0.39 is 71.3 Å². The highest BCUT2D eigenvalue weighted by Crippen LogP contribution is 2.40. The number of hydrogen-bond acceptors (Lipinski definition) is 2. The number of alkyl halides is 12. The molecule has 3 aromatic carbocycles. The van der Waals surface area contributed by atoms with Crippen LogP contribution in [0.1, 0.15) is 57.8 Å². The van der Waals surface area contributed by atoms with Crippen LogP contribution in [0.5, 0.6) is 0 Å². The third kappa shape index (κ3) is 8.22. The zero-order valence-corrected chi connectivity index (χ0v) is 21.9. The van der Waals surface area contributed by atoms with Gasteiger partial charge in [0.15, 0.2) is 0 Å². The largest absolute Gasteiger partial charge is 0.416 e.